The molecular weight excluding hydrogens is 290 g/mol. The van der Waals surface area contributed by atoms with Crippen molar-refractivity contribution in [2.24, 2.45) is 0 Å². The van der Waals surface area contributed by atoms with E-state index in [0.29, 0.717) is 30.7 Å². The minimum absolute atomic E-state index is 0.107. The van der Waals surface area contributed by atoms with Gasteiger partial charge in [-0.25, -0.2) is 8.42 Å². The van der Waals surface area contributed by atoms with Crippen LogP contribution in [0.3, 0.4) is 0 Å². The van der Waals surface area contributed by atoms with E-state index in [1.807, 2.05) is 13.8 Å². The third kappa shape index (κ3) is 3.13. The normalized spacial score (nSPS) is 24.2. The van der Waals surface area contributed by atoms with E-state index in [2.05, 4.69) is 0 Å². The van der Waals surface area contributed by atoms with Crippen LogP contribution < -0.4 is 0 Å². The highest BCUT2D eigenvalue weighted by Gasteiger charge is 2.36. The molecular formula is C15H23NO4S. The topological polar surface area (TPSA) is 66.8 Å². The predicted octanol–water partition coefficient (Wildman–Crippen LogP) is 1.68. The monoisotopic (exact) mass is 313 g/mol. The largest absolute Gasteiger partial charge is 0.392 e. The SMILES string of the molecule is CCC1COC(C)CN1S(=O)(=O)c1cccc(CO)c1C. The molecule has 118 valence electrons. The molecule has 0 aromatic heterocycles. The van der Waals surface area contributed by atoms with Crippen LogP contribution >= 0.6 is 0 Å². The second-order valence-corrected chi connectivity index (χ2v) is 7.34. The lowest BCUT2D eigenvalue weighted by molar-refractivity contribution is -0.0230. The maximum atomic E-state index is 13.0. The van der Waals surface area contributed by atoms with Gasteiger partial charge in [0.1, 0.15) is 0 Å². The van der Waals surface area contributed by atoms with Gasteiger partial charge in [0.2, 0.25) is 10.0 Å². The van der Waals surface area contributed by atoms with Gasteiger partial charge in [0, 0.05) is 12.6 Å². The zero-order chi connectivity index (χ0) is 15.6. The summed E-state index contributed by atoms with van der Waals surface area (Å²) in [6.45, 7) is 6.21. The molecule has 1 fully saturated rings. The summed E-state index contributed by atoms with van der Waals surface area (Å²) in [5, 5.41) is 9.33. The zero-order valence-electron chi connectivity index (χ0n) is 12.7. The van der Waals surface area contributed by atoms with Crippen LogP contribution in [0.4, 0.5) is 0 Å². The lowest BCUT2D eigenvalue weighted by Crippen LogP contribution is -2.51. The molecule has 0 spiro atoms. The number of aliphatic hydroxyl groups is 1. The summed E-state index contributed by atoms with van der Waals surface area (Å²) >= 11 is 0. The second kappa shape index (κ2) is 6.44. The third-order valence-electron chi connectivity index (χ3n) is 4.04. The van der Waals surface area contributed by atoms with Crippen molar-refractivity contribution in [2.75, 3.05) is 13.2 Å². The van der Waals surface area contributed by atoms with Gasteiger partial charge in [-0.1, -0.05) is 19.1 Å². The quantitative estimate of drug-likeness (QED) is 0.918. The standard InChI is InChI=1S/C15H23NO4S/c1-4-14-10-20-11(2)8-16(14)21(18,19)15-7-5-6-13(9-17)12(15)3/h5-7,11,14,17H,4,8-10H2,1-3H3. The van der Waals surface area contributed by atoms with Gasteiger partial charge < -0.3 is 9.84 Å². The summed E-state index contributed by atoms with van der Waals surface area (Å²) in [6.07, 6.45) is 0.605. The Morgan fingerprint density at radius 3 is 2.76 bits per heavy atom. The predicted molar refractivity (Wildman–Crippen MR) is 80.5 cm³/mol. The molecule has 1 aliphatic rings. The fourth-order valence-corrected chi connectivity index (χ4v) is 4.70. The summed E-state index contributed by atoms with van der Waals surface area (Å²) in [4.78, 5) is 0.279. The Morgan fingerprint density at radius 2 is 2.14 bits per heavy atom. The molecule has 2 atom stereocenters. The van der Waals surface area contributed by atoms with Crippen LogP contribution in [0.25, 0.3) is 0 Å². The number of benzene rings is 1. The summed E-state index contributed by atoms with van der Waals surface area (Å²) < 4.78 is 33.1. The second-order valence-electron chi connectivity index (χ2n) is 5.48. The molecule has 0 radical (unpaired) electrons. The summed E-state index contributed by atoms with van der Waals surface area (Å²) in [5.41, 5.74) is 1.26. The van der Waals surface area contributed by atoms with Crippen molar-refractivity contribution in [1.29, 1.82) is 0 Å². The smallest absolute Gasteiger partial charge is 0.243 e. The van der Waals surface area contributed by atoms with E-state index >= 15 is 0 Å². The number of aliphatic hydroxyl groups excluding tert-OH is 1. The average Bonchev–Trinajstić information content (AvgIpc) is 2.47. The van der Waals surface area contributed by atoms with Crippen LogP contribution in [0.1, 0.15) is 31.4 Å². The first-order chi connectivity index (χ1) is 9.91. The van der Waals surface area contributed by atoms with Crippen molar-refractivity contribution in [3.8, 4) is 0 Å². The maximum absolute atomic E-state index is 13.0. The van der Waals surface area contributed by atoms with Crippen molar-refractivity contribution in [2.45, 2.75) is 50.8 Å². The van der Waals surface area contributed by atoms with Gasteiger partial charge >= 0.3 is 0 Å². The molecule has 1 saturated heterocycles. The third-order valence-corrected chi connectivity index (χ3v) is 6.10. The molecule has 5 nitrogen and oxygen atoms in total. The maximum Gasteiger partial charge on any atom is 0.243 e. The molecule has 1 aliphatic heterocycles. The molecule has 2 unspecified atom stereocenters. The number of sulfonamides is 1. The van der Waals surface area contributed by atoms with Gasteiger partial charge in [-0.3, -0.25) is 0 Å². The molecule has 0 saturated carbocycles. The van der Waals surface area contributed by atoms with Crippen LogP contribution in [0, 0.1) is 6.92 Å². The first kappa shape index (κ1) is 16.4. The van der Waals surface area contributed by atoms with E-state index < -0.39 is 10.0 Å². The van der Waals surface area contributed by atoms with E-state index in [-0.39, 0.29) is 23.6 Å². The van der Waals surface area contributed by atoms with E-state index in [1.54, 1.807) is 29.4 Å². The highest BCUT2D eigenvalue weighted by molar-refractivity contribution is 7.89. The Balaban J connectivity index is 2.45. The molecule has 2 rings (SSSR count). The Labute approximate surface area is 126 Å². The van der Waals surface area contributed by atoms with Gasteiger partial charge in [0.15, 0.2) is 0 Å². The van der Waals surface area contributed by atoms with Crippen LogP contribution in [0.2, 0.25) is 0 Å². The number of nitrogens with zero attached hydrogens (tertiary/aromatic N) is 1. The van der Waals surface area contributed by atoms with Crippen molar-refractivity contribution >= 4 is 10.0 Å². The molecule has 1 aromatic carbocycles. The highest BCUT2D eigenvalue weighted by Crippen LogP contribution is 2.27. The van der Waals surface area contributed by atoms with Gasteiger partial charge in [0.25, 0.3) is 0 Å². The van der Waals surface area contributed by atoms with E-state index in [4.69, 9.17) is 4.74 Å². The Bertz CT molecular complexity index is 600. The van der Waals surface area contributed by atoms with E-state index in [0.717, 1.165) is 0 Å². The Hall–Kier alpha value is -0.950. The van der Waals surface area contributed by atoms with Crippen molar-refractivity contribution in [1.82, 2.24) is 4.31 Å². The molecule has 0 bridgehead atoms. The number of rotatable bonds is 4. The van der Waals surface area contributed by atoms with E-state index in [1.165, 1.54) is 0 Å². The zero-order valence-corrected chi connectivity index (χ0v) is 13.6. The van der Waals surface area contributed by atoms with Crippen molar-refractivity contribution < 1.29 is 18.3 Å². The molecule has 1 aromatic rings. The minimum atomic E-state index is -3.58. The fraction of sp³-hybridized carbons (Fsp3) is 0.600. The van der Waals surface area contributed by atoms with Gasteiger partial charge in [-0.2, -0.15) is 4.31 Å². The first-order valence-electron chi connectivity index (χ1n) is 7.24. The molecule has 0 aliphatic carbocycles. The summed E-state index contributed by atoms with van der Waals surface area (Å²) in [6, 6.07) is 4.89. The van der Waals surface area contributed by atoms with Gasteiger partial charge in [-0.05, 0) is 37.5 Å². The van der Waals surface area contributed by atoms with Crippen LogP contribution in [0.5, 0.6) is 0 Å². The number of hydrogen-bond donors (Lipinski definition) is 1. The summed E-state index contributed by atoms with van der Waals surface area (Å²) in [5.74, 6) is 0. The van der Waals surface area contributed by atoms with Crippen LogP contribution in [-0.2, 0) is 21.4 Å². The first-order valence-corrected chi connectivity index (χ1v) is 8.68. The van der Waals surface area contributed by atoms with Gasteiger partial charge in [0.05, 0.1) is 24.2 Å². The highest BCUT2D eigenvalue weighted by atomic mass is 32.2. The summed E-state index contributed by atoms with van der Waals surface area (Å²) in [7, 11) is -3.58. The van der Waals surface area contributed by atoms with Crippen LogP contribution in [-0.4, -0.2) is 43.1 Å². The Kier molecular flexibility index (Phi) is 5.03. The average molecular weight is 313 g/mol. The number of hydrogen-bond acceptors (Lipinski definition) is 4. The molecule has 1 N–H and O–H groups in total. The Morgan fingerprint density at radius 1 is 1.43 bits per heavy atom. The molecule has 21 heavy (non-hydrogen) atoms. The lowest BCUT2D eigenvalue weighted by Gasteiger charge is -2.37. The van der Waals surface area contributed by atoms with Crippen molar-refractivity contribution in [3.05, 3.63) is 29.3 Å². The number of morpholine rings is 1. The minimum Gasteiger partial charge on any atom is -0.392 e. The lowest BCUT2D eigenvalue weighted by atomic mass is 10.1. The fourth-order valence-electron chi connectivity index (χ4n) is 2.67. The molecule has 0 amide bonds. The molecule has 6 heteroatoms. The van der Waals surface area contributed by atoms with Crippen molar-refractivity contribution in [3.63, 3.8) is 0 Å². The number of ether oxygens (including phenoxy) is 1. The van der Waals surface area contributed by atoms with Gasteiger partial charge in [-0.15, -0.1) is 0 Å². The van der Waals surface area contributed by atoms with Crippen LogP contribution in [0.15, 0.2) is 23.1 Å². The molecule has 1 heterocycles. The van der Waals surface area contributed by atoms with E-state index in [9.17, 15) is 13.5 Å².